The zero-order valence-electron chi connectivity index (χ0n) is 17.7. The van der Waals surface area contributed by atoms with Gasteiger partial charge in [0.25, 0.3) is 0 Å². The molecule has 3 aromatic rings. The molecule has 0 radical (unpaired) electrons. The first-order chi connectivity index (χ1) is 15.8. The molecule has 1 saturated carbocycles. The van der Waals surface area contributed by atoms with Crippen LogP contribution in [0, 0.1) is 5.92 Å². The summed E-state index contributed by atoms with van der Waals surface area (Å²) < 4.78 is 28.6. The van der Waals surface area contributed by atoms with E-state index in [-0.39, 0.29) is 18.4 Å². The Kier molecular flexibility index (Phi) is 6.84. The second kappa shape index (κ2) is 9.79. The van der Waals surface area contributed by atoms with Crippen molar-refractivity contribution in [3.63, 3.8) is 0 Å². The number of aromatic nitrogens is 3. The van der Waals surface area contributed by atoms with Gasteiger partial charge in [-0.05, 0) is 24.5 Å². The fourth-order valence-corrected chi connectivity index (χ4v) is 4.37. The van der Waals surface area contributed by atoms with Gasteiger partial charge in [0.2, 0.25) is 0 Å². The van der Waals surface area contributed by atoms with Gasteiger partial charge in [0.15, 0.2) is 5.78 Å². The maximum Gasteiger partial charge on any atom is 0.333 e. The lowest BCUT2D eigenvalue weighted by atomic mass is 10.1. The minimum atomic E-state index is -4.08. The predicted octanol–water partition coefficient (Wildman–Crippen LogP) is 1.33. The van der Waals surface area contributed by atoms with Crippen LogP contribution >= 0.6 is 0 Å². The number of aliphatic hydroxyl groups is 1. The Labute approximate surface area is 191 Å². The Hall–Kier alpha value is -3.12. The lowest BCUT2D eigenvalue weighted by molar-refractivity contribution is 0.101. The summed E-state index contributed by atoms with van der Waals surface area (Å²) in [5.41, 5.74) is 1.95. The summed E-state index contributed by atoms with van der Waals surface area (Å²) >= 11 is 0. The van der Waals surface area contributed by atoms with Crippen molar-refractivity contribution in [2.24, 2.45) is 11.1 Å². The van der Waals surface area contributed by atoms with Crippen molar-refractivity contribution in [1.82, 2.24) is 14.5 Å². The van der Waals surface area contributed by atoms with Crippen molar-refractivity contribution in [3.8, 4) is 0 Å². The third-order valence-corrected chi connectivity index (χ3v) is 6.09. The highest BCUT2D eigenvalue weighted by atomic mass is 32.2. The highest BCUT2D eigenvalue weighted by Gasteiger charge is 2.34. The zero-order valence-corrected chi connectivity index (χ0v) is 18.6. The van der Waals surface area contributed by atoms with Crippen LogP contribution in [-0.2, 0) is 21.0 Å². The van der Waals surface area contributed by atoms with Gasteiger partial charge in [0, 0.05) is 42.7 Å². The quantitative estimate of drug-likeness (QED) is 0.396. The fraction of sp³-hybridized carbons (Fsp3) is 0.318. The van der Waals surface area contributed by atoms with E-state index in [2.05, 4.69) is 19.5 Å². The normalized spacial score (nSPS) is 20.6. The molecule has 1 aliphatic carbocycles. The summed E-state index contributed by atoms with van der Waals surface area (Å²) in [7, 11) is -4.08. The molecule has 2 aromatic heterocycles. The molecule has 0 aliphatic heterocycles. The van der Waals surface area contributed by atoms with E-state index < -0.39 is 22.3 Å². The Morgan fingerprint density at radius 3 is 2.79 bits per heavy atom. The zero-order chi connectivity index (χ0) is 23.4. The lowest BCUT2D eigenvalue weighted by Crippen LogP contribution is -2.24. The number of anilines is 1. The SMILES string of the molecule is NS(=O)(=O)OCC1CC(Nc2ncncc2C(=O)c2ccn(Cc3ccccc3)c2)CC1O. The summed E-state index contributed by atoms with van der Waals surface area (Å²) in [5, 5.41) is 18.3. The standard InChI is InChI=1S/C22H25N5O5S/c23-33(30,31)32-13-17-8-18(9-20(17)28)26-22-19(10-24-14-25-22)21(29)16-6-7-27(12-16)11-15-4-2-1-3-5-15/h1-7,10,12,14,17-18,20,28H,8-9,11,13H2,(H2,23,30,31)(H,24,25,26). The van der Waals surface area contributed by atoms with Crippen LogP contribution in [0.2, 0.25) is 0 Å². The highest BCUT2D eigenvalue weighted by Crippen LogP contribution is 2.30. The van der Waals surface area contributed by atoms with E-state index in [1.165, 1.54) is 12.5 Å². The number of hydrogen-bond donors (Lipinski definition) is 3. The van der Waals surface area contributed by atoms with Crippen LogP contribution in [0.1, 0.15) is 34.3 Å². The van der Waals surface area contributed by atoms with Gasteiger partial charge in [-0.3, -0.25) is 8.98 Å². The van der Waals surface area contributed by atoms with E-state index in [4.69, 9.17) is 5.14 Å². The molecule has 0 spiro atoms. The van der Waals surface area contributed by atoms with Crippen molar-refractivity contribution in [3.05, 3.63) is 78.0 Å². The van der Waals surface area contributed by atoms with Crippen LogP contribution in [-0.4, -0.2) is 52.6 Å². The Balaban J connectivity index is 1.44. The minimum Gasteiger partial charge on any atom is -0.393 e. The molecule has 3 unspecified atom stereocenters. The van der Waals surface area contributed by atoms with Gasteiger partial charge in [-0.25, -0.2) is 15.1 Å². The number of ketones is 1. The maximum atomic E-state index is 13.2. The van der Waals surface area contributed by atoms with Gasteiger partial charge >= 0.3 is 10.3 Å². The van der Waals surface area contributed by atoms with E-state index in [0.29, 0.717) is 36.3 Å². The lowest BCUT2D eigenvalue weighted by Gasteiger charge is -2.15. The van der Waals surface area contributed by atoms with Crippen LogP contribution < -0.4 is 10.5 Å². The molecule has 1 fully saturated rings. The number of nitrogens with one attached hydrogen (secondary N) is 1. The third kappa shape index (κ3) is 6.02. The van der Waals surface area contributed by atoms with Gasteiger partial charge in [-0.15, -0.1) is 0 Å². The number of benzene rings is 1. The number of carbonyl (C=O) groups excluding carboxylic acids is 1. The van der Waals surface area contributed by atoms with Crippen molar-refractivity contribution in [2.75, 3.05) is 11.9 Å². The number of rotatable bonds is 9. The van der Waals surface area contributed by atoms with Gasteiger partial charge < -0.3 is 15.0 Å². The number of nitrogens with two attached hydrogens (primary N) is 1. The summed E-state index contributed by atoms with van der Waals surface area (Å²) in [5.74, 6) is -0.276. The molecule has 4 rings (SSSR count). The monoisotopic (exact) mass is 471 g/mol. The molecule has 33 heavy (non-hydrogen) atoms. The maximum absolute atomic E-state index is 13.2. The molecule has 3 atom stereocenters. The van der Waals surface area contributed by atoms with Gasteiger partial charge in [0.05, 0.1) is 18.3 Å². The molecule has 10 nitrogen and oxygen atoms in total. The molecule has 1 aromatic carbocycles. The van der Waals surface area contributed by atoms with Crippen molar-refractivity contribution in [1.29, 1.82) is 0 Å². The van der Waals surface area contributed by atoms with Gasteiger partial charge in [-0.2, -0.15) is 8.42 Å². The predicted molar refractivity (Wildman–Crippen MR) is 121 cm³/mol. The third-order valence-electron chi connectivity index (χ3n) is 5.62. The Morgan fingerprint density at radius 1 is 1.24 bits per heavy atom. The summed E-state index contributed by atoms with van der Waals surface area (Å²) in [6.45, 7) is 0.440. The van der Waals surface area contributed by atoms with Crippen molar-refractivity contribution >= 4 is 21.9 Å². The molecule has 0 bridgehead atoms. The van der Waals surface area contributed by atoms with Crippen molar-refractivity contribution < 1.29 is 22.5 Å². The number of carbonyl (C=O) groups is 1. The summed E-state index contributed by atoms with van der Waals surface area (Å²) in [6.07, 6.45) is 6.45. The molecule has 174 valence electrons. The van der Waals surface area contributed by atoms with Gasteiger partial charge in [0.1, 0.15) is 12.1 Å². The van der Waals surface area contributed by atoms with E-state index in [1.54, 1.807) is 12.3 Å². The van der Waals surface area contributed by atoms with Crippen LogP contribution in [0.4, 0.5) is 5.82 Å². The molecule has 2 heterocycles. The largest absolute Gasteiger partial charge is 0.393 e. The molecule has 0 amide bonds. The highest BCUT2D eigenvalue weighted by molar-refractivity contribution is 7.84. The van der Waals surface area contributed by atoms with Crippen LogP contribution in [0.3, 0.4) is 0 Å². The first-order valence-electron chi connectivity index (χ1n) is 10.4. The first kappa shape index (κ1) is 23.1. The Bertz CT molecular complexity index is 1210. The van der Waals surface area contributed by atoms with E-state index >= 15 is 0 Å². The molecule has 0 saturated heterocycles. The first-order valence-corrected chi connectivity index (χ1v) is 11.9. The smallest absolute Gasteiger partial charge is 0.333 e. The molecule has 11 heteroatoms. The topological polar surface area (TPSA) is 149 Å². The minimum absolute atomic E-state index is 0.206. The fourth-order valence-electron chi connectivity index (χ4n) is 4.01. The molecular weight excluding hydrogens is 446 g/mol. The molecule has 4 N–H and O–H groups in total. The Morgan fingerprint density at radius 2 is 2.03 bits per heavy atom. The van der Waals surface area contributed by atoms with Gasteiger partial charge in [-0.1, -0.05) is 30.3 Å². The average Bonchev–Trinajstić information content (AvgIpc) is 3.38. The van der Waals surface area contributed by atoms with E-state index in [9.17, 15) is 18.3 Å². The second-order valence-corrected chi connectivity index (χ2v) is 9.31. The van der Waals surface area contributed by atoms with Crippen LogP contribution in [0.15, 0.2) is 61.3 Å². The van der Waals surface area contributed by atoms with E-state index in [0.717, 1.165) is 5.56 Å². The molecular formula is C22H25N5O5S. The van der Waals surface area contributed by atoms with E-state index in [1.807, 2.05) is 41.1 Å². The molecule has 1 aliphatic rings. The van der Waals surface area contributed by atoms with Crippen LogP contribution in [0.5, 0.6) is 0 Å². The average molecular weight is 472 g/mol. The number of nitrogens with zero attached hydrogens (tertiary/aromatic N) is 3. The summed E-state index contributed by atoms with van der Waals surface area (Å²) in [4.78, 5) is 21.4. The van der Waals surface area contributed by atoms with Crippen molar-refractivity contribution in [2.45, 2.75) is 31.5 Å². The number of hydrogen-bond acceptors (Lipinski definition) is 8. The van der Waals surface area contributed by atoms with Crippen LogP contribution in [0.25, 0.3) is 0 Å². The number of aliphatic hydroxyl groups excluding tert-OH is 1. The summed E-state index contributed by atoms with van der Waals surface area (Å²) in [6, 6.07) is 11.5. The second-order valence-electron chi connectivity index (χ2n) is 8.09.